The van der Waals surface area contributed by atoms with Gasteiger partial charge < -0.3 is 14.4 Å². The Morgan fingerprint density at radius 2 is 2.00 bits per heavy atom. The Morgan fingerprint density at radius 3 is 2.79 bits per heavy atom. The molecule has 0 radical (unpaired) electrons. The number of benzene rings is 1. The van der Waals surface area contributed by atoms with Gasteiger partial charge in [-0.2, -0.15) is 0 Å². The number of halogens is 1. The summed E-state index contributed by atoms with van der Waals surface area (Å²) in [5.74, 6) is 0.854. The average Bonchev–Trinajstić information content (AvgIpc) is 3.40. The lowest BCUT2D eigenvalue weighted by Gasteiger charge is -2.35. The lowest BCUT2D eigenvalue weighted by molar-refractivity contribution is -0.132. The maximum absolute atomic E-state index is 12.9. The first-order valence-corrected chi connectivity index (χ1v) is 9.72. The Balaban J connectivity index is 1.37. The van der Waals surface area contributed by atoms with E-state index in [0.29, 0.717) is 18.4 Å². The molecule has 4 rings (SSSR count). The van der Waals surface area contributed by atoms with Crippen molar-refractivity contribution < 1.29 is 14.3 Å². The number of carbonyl (C=O) groups is 1. The van der Waals surface area contributed by atoms with Crippen LogP contribution in [-0.4, -0.2) is 49.3 Å². The third kappa shape index (κ3) is 3.39. The summed E-state index contributed by atoms with van der Waals surface area (Å²) < 4.78 is 12.7. The lowest BCUT2D eigenvalue weighted by Crippen LogP contribution is -2.40. The van der Waals surface area contributed by atoms with Crippen molar-refractivity contribution in [2.24, 2.45) is 5.92 Å². The highest BCUT2D eigenvalue weighted by atomic mass is 79.9. The van der Waals surface area contributed by atoms with Gasteiger partial charge in [-0.15, -0.1) is 0 Å². The molecule has 2 atom stereocenters. The van der Waals surface area contributed by atoms with Gasteiger partial charge in [0.1, 0.15) is 0 Å². The Kier molecular flexibility index (Phi) is 4.67. The topological polar surface area (TPSA) is 38.8 Å². The van der Waals surface area contributed by atoms with Gasteiger partial charge in [-0.1, -0.05) is 28.1 Å². The fourth-order valence-corrected chi connectivity index (χ4v) is 4.48. The zero-order valence-electron chi connectivity index (χ0n) is 13.9. The molecule has 1 aromatic carbocycles. The molecule has 2 unspecified atom stereocenters. The molecule has 0 aromatic heterocycles. The van der Waals surface area contributed by atoms with E-state index < -0.39 is 0 Å². The summed E-state index contributed by atoms with van der Waals surface area (Å²) in [6.45, 7) is 3.76. The van der Waals surface area contributed by atoms with Crippen molar-refractivity contribution in [3.63, 3.8) is 0 Å². The molecule has 1 amide bonds. The van der Waals surface area contributed by atoms with Crippen molar-refractivity contribution in [1.82, 2.24) is 4.90 Å². The fraction of sp³-hybridized carbons (Fsp3) is 0.632. The van der Waals surface area contributed by atoms with Crippen molar-refractivity contribution in [3.05, 3.63) is 34.3 Å². The number of hydrogen-bond acceptors (Lipinski definition) is 3. The predicted octanol–water partition coefficient (Wildman–Crippen LogP) is 3.35. The Labute approximate surface area is 151 Å². The van der Waals surface area contributed by atoms with Gasteiger partial charge in [-0.3, -0.25) is 4.79 Å². The second-order valence-corrected chi connectivity index (χ2v) is 8.14. The molecule has 2 heterocycles. The summed E-state index contributed by atoms with van der Waals surface area (Å²) >= 11 is 3.52. The number of carbonyl (C=O) groups excluding carboxylic acids is 1. The maximum Gasteiger partial charge on any atom is 0.226 e. The van der Waals surface area contributed by atoms with Crippen molar-refractivity contribution in [2.45, 2.75) is 37.2 Å². The van der Waals surface area contributed by atoms with E-state index in [9.17, 15) is 4.79 Å². The Morgan fingerprint density at radius 1 is 1.17 bits per heavy atom. The SMILES string of the molecule is O=C(C1CC1c1cccc(Br)c1)N1CCOC2(CCOCC2)CC1. The largest absolute Gasteiger partial charge is 0.381 e. The minimum absolute atomic E-state index is 0.0550. The van der Waals surface area contributed by atoms with Gasteiger partial charge in [-0.05, 0) is 49.3 Å². The summed E-state index contributed by atoms with van der Waals surface area (Å²) in [5.41, 5.74) is 1.22. The predicted molar refractivity (Wildman–Crippen MR) is 94.9 cm³/mol. The van der Waals surface area contributed by atoms with E-state index in [0.717, 1.165) is 56.5 Å². The number of nitrogens with zero attached hydrogens (tertiary/aromatic N) is 1. The van der Waals surface area contributed by atoms with Crippen LogP contribution in [0.4, 0.5) is 0 Å². The van der Waals surface area contributed by atoms with Crippen LogP contribution in [-0.2, 0) is 14.3 Å². The van der Waals surface area contributed by atoms with Crippen LogP contribution in [0.25, 0.3) is 0 Å². The zero-order valence-corrected chi connectivity index (χ0v) is 15.5. The van der Waals surface area contributed by atoms with Crippen LogP contribution in [0.3, 0.4) is 0 Å². The van der Waals surface area contributed by atoms with Crippen LogP contribution in [0.15, 0.2) is 28.7 Å². The second kappa shape index (κ2) is 6.77. The highest BCUT2D eigenvalue weighted by molar-refractivity contribution is 9.10. The van der Waals surface area contributed by atoms with Crippen molar-refractivity contribution in [1.29, 1.82) is 0 Å². The highest BCUT2D eigenvalue weighted by Crippen LogP contribution is 2.49. The molecular weight excluding hydrogens is 370 g/mol. The first kappa shape index (κ1) is 16.6. The van der Waals surface area contributed by atoms with E-state index in [1.807, 2.05) is 17.0 Å². The summed E-state index contributed by atoms with van der Waals surface area (Å²) in [6, 6.07) is 8.35. The van der Waals surface area contributed by atoms with Gasteiger partial charge in [0.2, 0.25) is 5.91 Å². The second-order valence-electron chi connectivity index (χ2n) is 7.22. The minimum Gasteiger partial charge on any atom is -0.381 e. The Bertz CT molecular complexity index is 614. The van der Waals surface area contributed by atoms with Gasteiger partial charge >= 0.3 is 0 Å². The summed E-state index contributed by atoms with van der Waals surface area (Å²) in [7, 11) is 0. The zero-order chi connectivity index (χ0) is 16.6. The molecule has 1 spiro atoms. The molecule has 1 saturated carbocycles. The fourth-order valence-electron chi connectivity index (χ4n) is 4.06. The monoisotopic (exact) mass is 393 g/mol. The van der Waals surface area contributed by atoms with E-state index >= 15 is 0 Å². The molecule has 3 aliphatic rings. The number of rotatable bonds is 2. The highest BCUT2D eigenvalue weighted by Gasteiger charge is 2.46. The van der Waals surface area contributed by atoms with E-state index in [1.165, 1.54) is 5.56 Å². The van der Waals surface area contributed by atoms with E-state index in [4.69, 9.17) is 9.47 Å². The van der Waals surface area contributed by atoms with E-state index in [2.05, 4.69) is 28.1 Å². The smallest absolute Gasteiger partial charge is 0.226 e. The molecule has 3 fully saturated rings. The first-order valence-electron chi connectivity index (χ1n) is 8.93. The van der Waals surface area contributed by atoms with Gasteiger partial charge in [0.25, 0.3) is 0 Å². The molecule has 0 bridgehead atoms. The third-order valence-corrected chi connectivity index (χ3v) is 6.20. The molecule has 1 aliphatic carbocycles. The molecule has 2 saturated heterocycles. The summed E-state index contributed by atoms with van der Waals surface area (Å²) in [6.07, 6.45) is 3.83. The molecule has 4 nitrogen and oxygen atoms in total. The first-order chi connectivity index (χ1) is 11.7. The minimum atomic E-state index is -0.0550. The third-order valence-electron chi connectivity index (χ3n) is 5.71. The van der Waals surface area contributed by atoms with Crippen LogP contribution in [0.1, 0.15) is 37.2 Å². The number of amides is 1. The van der Waals surface area contributed by atoms with Crippen molar-refractivity contribution in [3.8, 4) is 0 Å². The summed E-state index contributed by atoms with van der Waals surface area (Å²) in [5, 5.41) is 0. The quantitative estimate of drug-likeness (QED) is 0.772. The van der Waals surface area contributed by atoms with Gasteiger partial charge in [0.15, 0.2) is 0 Å². The average molecular weight is 394 g/mol. The normalized spacial score (nSPS) is 29.3. The number of ether oxygens (including phenoxy) is 2. The van der Waals surface area contributed by atoms with Gasteiger partial charge in [0.05, 0.1) is 12.2 Å². The van der Waals surface area contributed by atoms with Crippen LogP contribution in [0, 0.1) is 5.92 Å². The summed E-state index contributed by atoms with van der Waals surface area (Å²) in [4.78, 5) is 14.9. The van der Waals surface area contributed by atoms with Crippen LogP contribution < -0.4 is 0 Å². The molecule has 2 aliphatic heterocycles. The van der Waals surface area contributed by atoms with Crippen molar-refractivity contribution in [2.75, 3.05) is 32.9 Å². The maximum atomic E-state index is 12.9. The number of hydrogen-bond donors (Lipinski definition) is 0. The molecule has 1 aromatic rings. The van der Waals surface area contributed by atoms with Gasteiger partial charge in [0, 0.05) is 36.7 Å². The van der Waals surface area contributed by atoms with E-state index in [-0.39, 0.29) is 11.5 Å². The van der Waals surface area contributed by atoms with Crippen molar-refractivity contribution >= 4 is 21.8 Å². The van der Waals surface area contributed by atoms with Gasteiger partial charge in [-0.25, -0.2) is 0 Å². The molecule has 24 heavy (non-hydrogen) atoms. The standard InChI is InChI=1S/C19H24BrNO3/c20-15-3-1-2-14(12-15)16-13-17(16)18(22)21-7-4-19(24-11-8-21)5-9-23-10-6-19/h1-3,12,16-17H,4-11,13H2. The molecular formula is C19H24BrNO3. The van der Waals surface area contributed by atoms with Crippen LogP contribution >= 0.6 is 15.9 Å². The molecule has 5 heteroatoms. The Hall–Kier alpha value is -0.910. The van der Waals surface area contributed by atoms with Crippen LogP contribution in [0.2, 0.25) is 0 Å². The van der Waals surface area contributed by atoms with E-state index in [1.54, 1.807) is 0 Å². The lowest BCUT2D eigenvalue weighted by atomic mass is 9.90. The van der Waals surface area contributed by atoms with Crippen LogP contribution in [0.5, 0.6) is 0 Å². The molecule has 130 valence electrons. The molecule has 0 N–H and O–H groups in total.